The molecule has 0 fully saturated rings. The van der Waals surface area contributed by atoms with Gasteiger partial charge in [0.2, 0.25) is 5.91 Å². The largest absolute Gasteiger partial charge is 0.312 e. The van der Waals surface area contributed by atoms with Crippen LogP contribution in [0.3, 0.4) is 0 Å². The van der Waals surface area contributed by atoms with Gasteiger partial charge in [0, 0.05) is 12.2 Å². The molecule has 4 rings (SSSR count). The van der Waals surface area contributed by atoms with Gasteiger partial charge in [0.1, 0.15) is 11.9 Å². The topological polar surface area (TPSA) is 61.4 Å². The van der Waals surface area contributed by atoms with Crippen LogP contribution in [0.2, 0.25) is 0 Å². The Kier molecular flexibility index (Phi) is 5.42. The van der Waals surface area contributed by atoms with Crippen molar-refractivity contribution in [2.45, 2.75) is 18.9 Å². The van der Waals surface area contributed by atoms with E-state index in [9.17, 15) is 14.4 Å². The van der Waals surface area contributed by atoms with Gasteiger partial charge < -0.3 is 4.90 Å². The lowest BCUT2D eigenvalue weighted by Gasteiger charge is -2.21. The molecule has 7 heteroatoms. The number of hydrogen-bond donors (Lipinski definition) is 0. The standard InChI is InChI=1S/C23H19FN4OS/c1-3-27(17-10-8-16(24)9-11-17)21(29)14-30-22-12-15(2)18(13-25)23-26-19-6-4-5-7-20(19)28(22)23/h4-12H,3,14H2,1-2H3. The third kappa shape index (κ3) is 3.51. The number of imidazole rings is 1. The smallest absolute Gasteiger partial charge is 0.237 e. The van der Waals surface area contributed by atoms with Crippen LogP contribution in [0.1, 0.15) is 18.1 Å². The summed E-state index contributed by atoms with van der Waals surface area (Å²) in [5.41, 5.74) is 4.31. The molecule has 2 heterocycles. The Balaban J connectivity index is 1.69. The van der Waals surface area contributed by atoms with E-state index < -0.39 is 0 Å². The Morgan fingerprint density at radius 2 is 1.97 bits per heavy atom. The lowest BCUT2D eigenvalue weighted by atomic mass is 10.2. The number of carbonyl (C=O) groups excluding carboxylic acids is 1. The summed E-state index contributed by atoms with van der Waals surface area (Å²) in [7, 11) is 0. The lowest BCUT2D eigenvalue weighted by molar-refractivity contribution is -0.116. The number of rotatable bonds is 5. The number of benzene rings is 2. The van der Waals surface area contributed by atoms with Crippen LogP contribution in [0.25, 0.3) is 16.7 Å². The highest BCUT2D eigenvalue weighted by atomic mass is 32.2. The zero-order valence-corrected chi connectivity index (χ0v) is 17.4. The number of anilines is 1. The minimum Gasteiger partial charge on any atom is -0.312 e. The van der Waals surface area contributed by atoms with Gasteiger partial charge in [0.05, 0.1) is 27.4 Å². The first-order chi connectivity index (χ1) is 14.5. The number of pyridine rings is 1. The zero-order valence-electron chi connectivity index (χ0n) is 16.6. The average Bonchev–Trinajstić information content (AvgIpc) is 3.13. The first-order valence-corrected chi connectivity index (χ1v) is 10.5. The van der Waals surface area contributed by atoms with Crippen LogP contribution in [-0.4, -0.2) is 27.6 Å². The van der Waals surface area contributed by atoms with Gasteiger partial charge in [-0.25, -0.2) is 9.37 Å². The fourth-order valence-electron chi connectivity index (χ4n) is 3.50. The van der Waals surface area contributed by atoms with Gasteiger partial charge in [-0.2, -0.15) is 5.26 Å². The number of nitrogens with zero attached hydrogens (tertiary/aromatic N) is 4. The molecule has 4 aromatic rings. The summed E-state index contributed by atoms with van der Waals surface area (Å²) in [5, 5.41) is 10.4. The van der Waals surface area contributed by atoms with Crippen LogP contribution in [0.4, 0.5) is 10.1 Å². The normalized spacial score (nSPS) is 11.0. The van der Waals surface area contributed by atoms with E-state index in [0.717, 1.165) is 21.6 Å². The molecule has 2 aromatic heterocycles. The Bertz CT molecular complexity index is 1290. The Labute approximate surface area is 177 Å². The predicted octanol–water partition coefficient (Wildman–Crippen LogP) is 4.95. The van der Waals surface area contributed by atoms with Crippen LogP contribution >= 0.6 is 11.8 Å². The highest BCUT2D eigenvalue weighted by Gasteiger charge is 2.18. The number of para-hydroxylation sites is 2. The van der Waals surface area contributed by atoms with Crippen LogP contribution < -0.4 is 4.90 Å². The van der Waals surface area contributed by atoms with Crippen LogP contribution in [0.15, 0.2) is 59.6 Å². The van der Waals surface area contributed by atoms with Gasteiger partial charge in [-0.1, -0.05) is 23.9 Å². The second-order valence-corrected chi connectivity index (χ2v) is 7.81. The third-order valence-corrected chi connectivity index (χ3v) is 5.94. The van der Waals surface area contributed by atoms with E-state index in [0.29, 0.717) is 23.4 Å². The number of thioether (sulfide) groups is 1. The molecule has 0 atom stereocenters. The number of aromatic nitrogens is 2. The monoisotopic (exact) mass is 418 g/mol. The molecule has 0 aliphatic heterocycles. The molecule has 150 valence electrons. The fourth-order valence-corrected chi connectivity index (χ4v) is 4.50. The Morgan fingerprint density at radius 3 is 2.67 bits per heavy atom. The van der Waals surface area contributed by atoms with Crippen LogP contribution in [0.5, 0.6) is 0 Å². The van der Waals surface area contributed by atoms with E-state index in [2.05, 4.69) is 11.1 Å². The second kappa shape index (κ2) is 8.17. The number of aryl methyl sites for hydroxylation is 1. The molecule has 0 saturated heterocycles. The molecule has 1 amide bonds. The van der Waals surface area contributed by atoms with E-state index in [1.807, 2.05) is 48.6 Å². The summed E-state index contributed by atoms with van der Waals surface area (Å²) in [6, 6.07) is 17.8. The Morgan fingerprint density at radius 1 is 1.23 bits per heavy atom. The van der Waals surface area contributed by atoms with Crippen LogP contribution in [0, 0.1) is 24.1 Å². The van der Waals surface area contributed by atoms with Crippen molar-refractivity contribution in [1.82, 2.24) is 9.38 Å². The molecule has 0 spiro atoms. The molecule has 5 nitrogen and oxygen atoms in total. The fraction of sp³-hybridized carbons (Fsp3) is 0.174. The van der Waals surface area contributed by atoms with Gasteiger partial charge in [-0.3, -0.25) is 9.20 Å². The Hall–Kier alpha value is -3.37. The predicted molar refractivity (Wildman–Crippen MR) is 117 cm³/mol. The first kappa shape index (κ1) is 19.9. The number of halogens is 1. The molecule has 2 aromatic carbocycles. The van der Waals surface area contributed by atoms with Crippen LogP contribution in [-0.2, 0) is 4.79 Å². The van der Waals surface area contributed by atoms with E-state index in [1.54, 1.807) is 17.0 Å². The first-order valence-electron chi connectivity index (χ1n) is 9.53. The molecule has 0 unspecified atom stereocenters. The number of amides is 1. The zero-order chi connectivity index (χ0) is 21.3. The molecular weight excluding hydrogens is 399 g/mol. The second-order valence-electron chi connectivity index (χ2n) is 6.82. The quantitative estimate of drug-likeness (QED) is 0.430. The van der Waals surface area contributed by atoms with Gasteiger partial charge >= 0.3 is 0 Å². The summed E-state index contributed by atoms with van der Waals surface area (Å²) in [6.07, 6.45) is 0. The SMILES string of the molecule is CCN(C(=O)CSc1cc(C)c(C#N)c2nc3ccccc3n12)c1ccc(F)cc1. The molecule has 0 aliphatic rings. The molecular formula is C23H19FN4OS. The van der Waals surface area contributed by atoms with Crippen molar-refractivity contribution < 1.29 is 9.18 Å². The van der Waals surface area contributed by atoms with Crippen molar-refractivity contribution >= 4 is 40.0 Å². The maximum absolute atomic E-state index is 13.2. The van der Waals surface area contributed by atoms with Crippen molar-refractivity contribution in [3.05, 3.63) is 71.5 Å². The highest BCUT2D eigenvalue weighted by molar-refractivity contribution is 7.99. The van der Waals surface area contributed by atoms with Crippen molar-refractivity contribution in [3.8, 4) is 6.07 Å². The van der Waals surface area contributed by atoms with E-state index >= 15 is 0 Å². The molecule has 0 bridgehead atoms. The third-order valence-electron chi connectivity index (χ3n) is 4.95. The summed E-state index contributed by atoms with van der Waals surface area (Å²) in [5.74, 6) is -0.203. The minimum atomic E-state index is -0.334. The summed E-state index contributed by atoms with van der Waals surface area (Å²) < 4.78 is 15.2. The maximum Gasteiger partial charge on any atom is 0.237 e. The van der Waals surface area contributed by atoms with Gasteiger partial charge in [0.15, 0.2) is 5.65 Å². The number of fused-ring (bicyclic) bond motifs is 3. The minimum absolute atomic E-state index is 0.0753. The van der Waals surface area contributed by atoms with E-state index in [4.69, 9.17) is 0 Å². The van der Waals surface area contributed by atoms with Crippen molar-refractivity contribution in [2.75, 3.05) is 17.2 Å². The van der Waals surface area contributed by atoms with E-state index in [-0.39, 0.29) is 17.5 Å². The summed E-state index contributed by atoms with van der Waals surface area (Å²) >= 11 is 1.40. The van der Waals surface area contributed by atoms with Gasteiger partial charge in [-0.05, 0) is 61.9 Å². The number of carbonyl (C=O) groups is 1. The molecule has 0 aliphatic carbocycles. The van der Waals surface area contributed by atoms with Crippen molar-refractivity contribution in [3.63, 3.8) is 0 Å². The maximum atomic E-state index is 13.2. The molecule has 0 saturated carbocycles. The summed E-state index contributed by atoms with van der Waals surface area (Å²) in [6.45, 7) is 4.25. The molecule has 30 heavy (non-hydrogen) atoms. The van der Waals surface area contributed by atoms with Gasteiger partial charge in [0.25, 0.3) is 0 Å². The van der Waals surface area contributed by atoms with Crippen molar-refractivity contribution in [1.29, 1.82) is 5.26 Å². The molecule has 0 N–H and O–H groups in total. The van der Waals surface area contributed by atoms with Gasteiger partial charge in [-0.15, -0.1) is 0 Å². The molecule has 0 radical (unpaired) electrons. The number of hydrogen-bond acceptors (Lipinski definition) is 4. The average molecular weight is 418 g/mol. The lowest BCUT2D eigenvalue weighted by Crippen LogP contribution is -2.32. The van der Waals surface area contributed by atoms with Crippen molar-refractivity contribution in [2.24, 2.45) is 0 Å². The number of nitriles is 1. The summed E-state index contributed by atoms with van der Waals surface area (Å²) in [4.78, 5) is 19.2. The van der Waals surface area contributed by atoms with E-state index in [1.165, 1.54) is 23.9 Å². The highest BCUT2D eigenvalue weighted by Crippen LogP contribution is 2.30.